The molecule has 1 aliphatic rings. The second-order valence-corrected chi connectivity index (χ2v) is 10.7. The zero-order chi connectivity index (χ0) is 29.3. The zero-order valence-electron chi connectivity index (χ0n) is 24.3. The third-order valence-corrected chi connectivity index (χ3v) is 7.67. The summed E-state index contributed by atoms with van der Waals surface area (Å²) in [6.45, 7) is 7.25. The number of hydrogen-bond acceptors (Lipinski definition) is 10. The number of anilines is 2. The average molecular weight is 575 g/mol. The highest BCUT2D eigenvalue weighted by Crippen LogP contribution is 2.21. The Morgan fingerprint density at radius 3 is 2.98 bits per heavy atom. The predicted molar refractivity (Wildman–Crippen MR) is 159 cm³/mol. The van der Waals surface area contributed by atoms with Crippen LogP contribution in [0.4, 0.5) is 11.6 Å². The van der Waals surface area contributed by atoms with Crippen LogP contribution in [0.3, 0.4) is 0 Å². The second kappa shape index (κ2) is 14.0. The zero-order valence-corrected chi connectivity index (χ0v) is 24.3. The second-order valence-electron chi connectivity index (χ2n) is 10.7. The Morgan fingerprint density at radius 2 is 2.12 bits per heavy atom. The molecule has 0 amide bonds. The van der Waals surface area contributed by atoms with Crippen molar-refractivity contribution >= 4 is 28.5 Å². The van der Waals surface area contributed by atoms with E-state index in [1.165, 1.54) is 11.9 Å². The van der Waals surface area contributed by atoms with E-state index in [0.29, 0.717) is 43.0 Å². The Hall–Kier alpha value is -4.32. The number of hydrogen-bond donors (Lipinski definition) is 4. The SMILES string of the molecule is CC(=O)[C@H](CCN(CCCCc1ccc2c(n1)NCCC2)CCOc1cccnc1C)Nc1c2cn[nH]c2nc[n+]1O. The molecular formula is C30H40N9O3+. The molecule has 0 unspecified atom stereocenters. The Labute approximate surface area is 245 Å². The highest BCUT2D eigenvalue weighted by molar-refractivity contribution is 5.88. The van der Waals surface area contributed by atoms with Gasteiger partial charge >= 0.3 is 0 Å². The molecule has 42 heavy (non-hydrogen) atoms. The van der Waals surface area contributed by atoms with Crippen LogP contribution in [-0.4, -0.2) is 79.9 Å². The lowest BCUT2D eigenvalue weighted by Gasteiger charge is -2.24. The number of H-pyrrole nitrogens is 1. The standard InChI is InChI=1S/C30H39N9O3/c1-21-27(9-6-13-31-21)42-18-17-38(15-4-3-8-24-11-10-23-7-5-14-32-28(23)35-24)16-12-26(22(2)40)36-30-25-19-34-37-29(25)33-20-39(30)41/h6,9-11,13,19-20,26,41H,3-5,7-8,12,14-18H2,1-2H3,(H2,32,34,35,36,37)/p+1/t26-/m0/s1. The number of aromatic nitrogens is 6. The van der Waals surface area contributed by atoms with E-state index in [1.807, 2.05) is 19.1 Å². The lowest BCUT2D eigenvalue weighted by Crippen LogP contribution is -2.41. The number of carbonyl (C=O) groups is 1. The van der Waals surface area contributed by atoms with Crippen molar-refractivity contribution in [3.8, 4) is 5.75 Å². The van der Waals surface area contributed by atoms with Crippen LogP contribution in [0.2, 0.25) is 0 Å². The van der Waals surface area contributed by atoms with E-state index in [4.69, 9.17) is 9.72 Å². The van der Waals surface area contributed by atoms with Crippen molar-refractivity contribution < 1.29 is 19.5 Å². The molecule has 5 rings (SSSR count). The van der Waals surface area contributed by atoms with Gasteiger partial charge in [-0.05, 0) is 76.3 Å². The van der Waals surface area contributed by atoms with Gasteiger partial charge in [-0.1, -0.05) is 15.8 Å². The number of fused-ring (bicyclic) bond motifs is 2. The normalized spacial score (nSPS) is 13.5. The maximum Gasteiger partial charge on any atom is 0.274 e. The number of ketones is 1. The molecule has 1 aliphatic heterocycles. The van der Waals surface area contributed by atoms with E-state index in [-0.39, 0.29) is 5.78 Å². The van der Waals surface area contributed by atoms with Crippen LogP contribution >= 0.6 is 0 Å². The van der Waals surface area contributed by atoms with Crippen molar-refractivity contribution in [2.24, 2.45) is 0 Å². The molecule has 1 atom stereocenters. The Morgan fingerprint density at radius 1 is 1.21 bits per heavy atom. The highest BCUT2D eigenvalue weighted by atomic mass is 16.5. The molecule has 0 saturated heterocycles. The maximum atomic E-state index is 12.6. The van der Waals surface area contributed by atoms with Gasteiger partial charge in [0.15, 0.2) is 5.78 Å². The molecule has 4 aromatic rings. The minimum absolute atomic E-state index is 0.0160. The van der Waals surface area contributed by atoms with Crippen molar-refractivity contribution in [3.63, 3.8) is 0 Å². The van der Waals surface area contributed by atoms with Gasteiger partial charge in [0, 0.05) is 37.9 Å². The van der Waals surface area contributed by atoms with Crippen LogP contribution in [0.5, 0.6) is 5.75 Å². The summed E-state index contributed by atoms with van der Waals surface area (Å²) in [5, 5.41) is 24.4. The third-order valence-electron chi connectivity index (χ3n) is 7.67. The predicted octanol–water partition coefficient (Wildman–Crippen LogP) is 3.10. The number of Topliss-reactive ketones (excluding diaryl/α,β-unsaturated/α-hetero) is 1. The van der Waals surface area contributed by atoms with E-state index >= 15 is 0 Å². The number of aryl methyl sites for hydroxylation is 3. The van der Waals surface area contributed by atoms with Crippen molar-refractivity contribution in [1.82, 2.24) is 30.0 Å². The first-order valence-corrected chi connectivity index (χ1v) is 14.7. The fraction of sp³-hybridized carbons (Fsp3) is 0.467. The number of carbonyl (C=O) groups excluding carboxylic acids is 1. The Balaban J connectivity index is 1.19. The molecule has 0 aromatic carbocycles. The number of rotatable bonds is 15. The molecule has 0 aliphatic carbocycles. The highest BCUT2D eigenvalue weighted by Gasteiger charge is 2.24. The first kappa shape index (κ1) is 29.2. The topological polar surface area (TPSA) is 145 Å². The van der Waals surface area contributed by atoms with Gasteiger partial charge in [0.1, 0.15) is 29.6 Å². The summed E-state index contributed by atoms with van der Waals surface area (Å²) >= 11 is 0. The lowest BCUT2D eigenvalue weighted by molar-refractivity contribution is -0.894. The van der Waals surface area contributed by atoms with Gasteiger partial charge in [-0.15, -0.1) is 0 Å². The first-order chi connectivity index (χ1) is 20.5. The molecule has 0 saturated carbocycles. The molecule has 0 spiro atoms. The summed E-state index contributed by atoms with van der Waals surface area (Å²) in [7, 11) is 0. The molecule has 12 nitrogen and oxygen atoms in total. The van der Waals surface area contributed by atoms with Crippen molar-refractivity contribution in [2.45, 2.75) is 58.4 Å². The van der Waals surface area contributed by atoms with Crippen molar-refractivity contribution in [2.75, 3.05) is 43.4 Å². The van der Waals surface area contributed by atoms with Crippen LogP contribution in [0.15, 0.2) is 43.0 Å². The first-order valence-electron chi connectivity index (χ1n) is 14.7. The molecule has 0 radical (unpaired) electrons. The van der Waals surface area contributed by atoms with Gasteiger partial charge in [-0.2, -0.15) is 5.10 Å². The molecule has 222 valence electrons. The quantitative estimate of drug-likeness (QED) is 0.0949. The summed E-state index contributed by atoms with van der Waals surface area (Å²) in [5.41, 5.74) is 3.81. The lowest BCUT2D eigenvalue weighted by atomic mass is 10.1. The van der Waals surface area contributed by atoms with Gasteiger partial charge in [0.05, 0.1) is 11.9 Å². The molecule has 0 fully saturated rings. The number of pyridine rings is 2. The third kappa shape index (κ3) is 7.49. The largest absolute Gasteiger partial charge is 0.490 e. The minimum Gasteiger partial charge on any atom is -0.490 e. The van der Waals surface area contributed by atoms with Crippen LogP contribution < -0.4 is 20.1 Å². The summed E-state index contributed by atoms with van der Waals surface area (Å²) in [5.74, 6) is 2.18. The van der Waals surface area contributed by atoms with E-state index in [9.17, 15) is 10.0 Å². The monoisotopic (exact) mass is 574 g/mol. The van der Waals surface area contributed by atoms with E-state index in [0.717, 1.165) is 72.9 Å². The number of nitrogens with zero attached hydrogens (tertiary/aromatic N) is 6. The minimum atomic E-state index is -0.500. The summed E-state index contributed by atoms with van der Waals surface area (Å²) in [6, 6.07) is 7.66. The Bertz CT molecular complexity index is 1490. The molecule has 4 aromatic heterocycles. The fourth-order valence-corrected chi connectivity index (χ4v) is 5.23. The number of ether oxygens (including phenoxy) is 1. The Kier molecular flexibility index (Phi) is 9.75. The van der Waals surface area contributed by atoms with Crippen molar-refractivity contribution in [1.29, 1.82) is 0 Å². The van der Waals surface area contributed by atoms with Gasteiger partial charge in [0.2, 0.25) is 5.65 Å². The molecular weight excluding hydrogens is 534 g/mol. The van der Waals surface area contributed by atoms with Gasteiger partial charge in [0.25, 0.3) is 12.1 Å². The molecule has 12 heteroatoms. The van der Waals surface area contributed by atoms with Gasteiger partial charge in [-0.25, -0.2) is 10.1 Å². The van der Waals surface area contributed by atoms with Crippen molar-refractivity contribution in [3.05, 3.63) is 59.9 Å². The summed E-state index contributed by atoms with van der Waals surface area (Å²) in [6.07, 6.45) is 10.3. The summed E-state index contributed by atoms with van der Waals surface area (Å²) < 4.78 is 6.93. The van der Waals surface area contributed by atoms with Crippen LogP contribution in [0.1, 0.15) is 49.6 Å². The van der Waals surface area contributed by atoms with E-state index in [1.54, 1.807) is 19.3 Å². The van der Waals surface area contributed by atoms with Crippen LogP contribution in [0, 0.1) is 6.92 Å². The molecule has 0 bridgehead atoms. The number of aromatic amines is 1. The fourth-order valence-electron chi connectivity index (χ4n) is 5.23. The number of unbranched alkanes of at least 4 members (excludes halogenated alkanes) is 1. The van der Waals surface area contributed by atoms with Crippen LogP contribution in [-0.2, 0) is 17.6 Å². The van der Waals surface area contributed by atoms with Gasteiger partial charge in [-0.3, -0.25) is 20.0 Å². The van der Waals surface area contributed by atoms with E-state index in [2.05, 4.69) is 47.8 Å². The van der Waals surface area contributed by atoms with Gasteiger partial charge < -0.3 is 15.3 Å². The maximum absolute atomic E-state index is 12.6. The average Bonchev–Trinajstić information content (AvgIpc) is 3.48. The van der Waals surface area contributed by atoms with Crippen LogP contribution in [0.25, 0.3) is 11.0 Å². The smallest absolute Gasteiger partial charge is 0.274 e. The summed E-state index contributed by atoms with van der Waals surface area (Å²) in [4.78, 5) is 28.2. The van der Waals surface area contributed by atoms with E-state index < -0.39 is 6.04 Å². The number of nitrogens with one attached hydrogen (secondary N) is 3. The molecule has 4 N–H and O–H groups in total. The molecule has 5 heterocycles.